The van der Waals surface area contributed by atoms with Crippen molar-refractivity contribution >= 4 is 17.3 Å². The number of hydrogen-bond acceptors (Lipinski definition) is 3. The van der Waals surface area contributed by atoms with Crippen LogP contribution in [0.25, 0.3) is 5.69 Å². The Morgan fingerprint density at radius 2 is 1.93 bits per heavy atom. The second kappa shape index (κ2) is 8.53. The van der Waals surface area contributed by atoms with Crippen molar-refractivity contribution in [3.8, 4) is 5.69 Å². The number of rotatable bonds is 6. The van der Waals surface area contributed by atoms with Gasteiger partial charge in [0.25, 0.3) is 0 Å². The number of benzene rings is 1. The fourth-order valence-electron chi connectivity index (χ4n) is 4.25. The topological polar surface area (TPSA) is 42.3 Å². The number of nitrogens with zero attached hydrogens (tertiary/aromatic N) is 3. The minimum absolute atomic E-state index is 0.0250. The fourth-order valence-corrected chi connectivity index (χ4v) is 4.58. The van der Waals surface area contributed by atoms with Gasteiger partial charge in [-0.25, -0.2) is 4.39 Å². The number of thiocarbonyl (C=S) groups is 1. The average molecular weight is 425 g/mol. The predicted molar refractivity (Wildman–Crippen MR) is 119 cm³/mol. The maximum atomic E-state index is 13.4. The molecule has 1 aliphatic rings. The van der Waals surface area contributed by atoms with Crippen molar-refractivity contribution in [1.29, 1.82) is 0 Å². The van der Waals surface area contributed by atoms with Gasteiger partial charge in [0.05, 0.1) is 24.4 Å². The SMILES string of the molecule is COCCN1C(=S)N[C@H](c2ccccn2)[C@@H]1c1cc(C)n(-c2ccc(F)cc2)c1C. The summed E-state index contributed by atoms with van der Waals surface area (Å²) in [5, 5.41) is 4.16. The largest absolute Gasteiger partial charge is 0.383 e. The molecule has 156 valence electrons. The van der Waals surface area contributed by atoms with Gasteiger partial charge in [-0.2, -0.15) is 0 Å². The third-order valence-corrected chi connectivity index (χ3v) is 5.96. The zero-order valence-electron chi connectivity index (χ0n) is 17.3. The van der Waals surface area contributed by atoms with Crippen molar-refractivity contribution in [3.63, 3.8) is 0 Å². The Morgan fingerprint density at radius 1 is 1.17 bits per heavy atom. The standard InChI is InChI=1S/C23H25FN4OS/c1-15-14-19(16(2)28(15)18-9-7-17(24)8-10-18)22-21(20-6-4-5-11-25-20)26-23(30)27(22)12-13-29-3/h4-11,14,21-22H,12-13H2,1-3H3,(H,26,30)/t21-,22+/m1/s1. The van der Waals surface area contributed by atoms with E-state index in [0.29, 0.717) is 18.3 Å². The zero-order chi connectivity index (χ0) is 21.3. The van der Waals surface area contributed by atoms with Crippen molar-refractivity contribution in [3.05, 3.63) is 83.2 Å². The Kier molecular flexibility index (Phi) is 5.83. The highest BCUT2D eigenvalue weighted by atomic mass is 32.1. The highest BCUT2D eigenvalue weighted by molar-refractivity contribution is 7.80. The molecule has 5 nitrogen and oxygen atoms in total. The van der Waals surface area contributed by atoms with Crippen LogP contribution in [0.2, 0.25) is 0 Å². The summed E-state index contributed by atoms with van der Waals surface area (Å²) in [4.78, 5) is 6.76. The number of pyridine rings is 1. The smallest absolute Gasteiger partial charge is 0.170 e. The number of methoxy groups -OCH3 is 1. The highest BCUT2D eigenvalue weighted by Crippen LogP contribution is 2.41. The maximum absolute atomic E-state index is 13.4. The molecular formula is C23H25FN4OS. The Labute approximate surface area is 181 Å². The van der Waals surface area contributed by atoms with Crippen molar-refractivity contribution in [1.82, 2.24) is 19.8 Å². The summed E-state index contributed by atoms with van der Waals surface area (Å²) < 4.78 is 20.9. The van der Waals surface area contributed by atoms with Crippen LogP contribution in [0.3, 0.4) is 0 Å². The molecule has 0 saturated carbocycles. The Morgan fingerprint density at radius 3 is 2.60 bits per heavy atom. The third kappa shape index (κ3) is 3.70. The zero-order valence-corrected chi connectivity index (χ0v) is 18.1. The molecule has 0 spiro atoms. The maximum Gasteiger partial charge on any atom is 0.170 e. The van der Waals surface area contributed by atoms with Gasteiger partial charge in [-0.05, 0) is 74.1 Å². The summed E-state index contributed by atoms with van der Waals surface area (Å²) >= 11 is 5.68. The second-order valence-corrected chi connectivity index (χ2v) is 7.84. The van der Waals surface area contributed by atoms with Gasteiger partial charge in [0.1, 0.15) is 5.82 Å². The van der Waals surface area contributed by atoms with E-state index in [1.54, 1.807) is 25.4 Å². The lowest BCUT2D eigenvalue weighted by atomic mass is 9.97. The van der Waals surface area contributed by atoms with E-state index in [1.807, 2.05) is 18.2 Å². The summed E-state index contributed by atoms with van der Waals surface area (Å²) in [5.41, 5.74) is 5.22. The lowest BCUT2D eigenvalue weighted by molar-refractivity contribution is 0.164. The summed E-state index contributed by atoms with van der Waals surface area (Å²) in [6, 6.07) is 14.6. The number of hydrogen-bond donors (Lipinski definition) is 1. The van der Waals surface area contributed by atoms with E-state index < -0.39 is 0 Å². The summed E-state index contributed by atoms with van der Waals surface area (Å²) in [7, 11) is 1.69. The fraction of sp³-hybridized carbons (Fsp3) is 0.304. The molecule has 0 radical (unpaired) electrons. The van der Waals surface area contributed by atoms with Crippen molar-refractivity contribution in [2.24, 2.45) is 0 Å². The van der Waals surface area contributed by atoms with Crippen molar-refractivity contribution in [2.45, 2.75) is 25.9 Å². The molecule has 3 aromatic rings. The molecular weight excluding hydrogens is 399 g/mol. The van der Waals surface area contributed by atoms with E-state index in [4.69, 9.17) is 17.0 Å². The minimum Gasteiger partial charge on any atom is -0.383 e. The van der Waals surface area contributed by atoms with Gasteiger partial charge in [0, 0.05) is 36.9 Å². The molecule has 2 atom stereocenters. The molecule has 2 aromatic heterocycles. The van der Waals surface area contributed by atoms with Crippen LogP contribution >= 0.6 is 12.2 Å². The van der Waals surface area contributed by atoms with Crippen LogP contribution in [0.1, 0.15) is 34.7 Å². The molecule has 0 unspecified atom stereocenters. The van der Waals surface area contributed by atoms with E-state index >= 15 is 0 Å². The number of nitrogens with one attached hydrogen (secondary N) is 1. The number of aromatic nitrogens is 2. The van der Waals surface area contributed by atoms with Gasteiger partial charge < -0.3 is 19.5 Å². The molecule has 4 rings (SSSR count). The highest BCUT2D eigenvalue weighted by Gasteiger charge is 2.41. The summed E-state index contributed by atoms with van der Waals surface area (Å²) in [6.45, 7) is 5.41. The van der Waals surface area contributed by atoms with E-state index in [9.17, 15) is 4.39 Å². The second-order valence-electron chi connectivity index (χ2n) is 7.45. The van der Waals surface area contributed by atoms with Crippen LogP contribution in [-0.4, -0.2) is 39.8 Å². The number of ether oxygens (including phenoxy) is 1. The van der Waals surface area contributed by atoms with Crippen molar-refractivity contribution in [2.75, 3.05) is 20.3 Å². The number of halogens is 1. The first-order valence-electron chi connectivity index (χ1n) is 9.93. The molecule has 3 heterocycles. The summed E-state index contributed by atoms with van der Waals surface area (Å²) in [5.74, 6) is -0.243. The molecule has 1 aliphatic heterocycles. The molecule has 0 bridgehead atoms. The van der Waals surface area contributed by atoms with E-state index in [1.165, 1.54) is 12.1 Å². The van der Waals surface area contributed by atoms with E-state index in [0.717, 1.165) is 28.3 Å². The quantitative estimate of drug-likeness (QED) is 0.600. The molecule has 30 heavy (non-hydrogen) atoms. The molecule has 1 N–H and O–H groups in total. The van der Waals surface area contributed by atoms with Crippen LogP contribution in [0.4, 0.5) is 4.39 Å². The van der Waals surface area contributed by atoms with Crippen LogP contribution in [0, 0.1) is 19.7 Å². The minimum atomic E-state index is -0.243. The van der Waals surface area contributed by atoms with Gasteiger partial charge in [0.2, 0.25) is 0 Å². The Balaban J connectivity index is 1.81. The summed E-state index contributed by atoms with van der Waals surface area (Å²) in [6.07, 6.45) is 1.80. The molecule has 0 aliphatic carbocycles. The van der Waals surface area contributed by atoms with E-state index in [-0.39, 0.29) is 17.9 Å². The van der Waals surface area contributed by atoms with Gasteiger partial charge in [0.15, 0.2) is 5.11 Å². The van der Waals surface area contributed by atoms with Crippen LogP contribution < -0.4 is 5.32 Å². The molecule has 7 heteroatoms. The molecule has 1 fully saturated rings. The molecule has 0 amide bonds. The van der Waals surface area contributed by atoms with Gasteiger partial charge in [-0.1, -0.05) is 6.07 Å². The predicted octanol–water partition coefficient (Wildman–Crippen LogP) is 4.25. The van der Waals surface area contributed by atoms with Crippen LogP contribution in [0.15, 0.2) is 54.7 Å². The normalized spacial score (nSPS) is 18.7. The monoisotopic (exact) mass is 424 g/mol. The van der Waals surface area contributed by atoms with Crippen LogP contribution in [-0.2, 0) is 4.74 Å². The lowest BCUT2D eigenvalue weighted by Crippen LogP contribution is -2.32. The van der Waals surface area contributed by atoms with E-state index in [2.05, 4.69) is 39.7 Å². The molecule has 1 saturated heterocycles. The number of aryl methyl sites for hydroxylation is 1. The Hall–Kier alpha value is -2.77. The first kappa shape index (κ1) is 20.5. The van der Waals surface area contributed by atoms with Crippen LogP contribution in [0.5, 0.6) is 0 Å². The van der Waals surface area contributed by atoms with Crippen molar-refractivity contribution < 1.29 is 9.13 Å². The van der Waals surface area contributed by atoms with Gasteiger partial charge in [-0.3, -0.25) is 4.98 Å². The first-order valence-corrected chi connectivity index (χ1v) is 10.3. The van der Waals surface area contributed by atoms with Gasteiger partial charge in [-0.15, -0.1) is 0 Å². The third-order valence-electron chi connectivity index (χ3n) is 5.61. The average Bonchev–Trinajstić information content (AvgIpc) is 3.23. The molecule has 1 aromatic carbocycles. The first-order chi connectivity index (χ1) is 14.5. The lowest BCUT2D eigenvalue weighted by Gasteiger charge is -2.28. The van der Waals surface area contributed by atoms with Gasteiger partial charge >= 0.3 is 0 Å². The Bertz CT molecular complexity index is 1040.